The van der Waals surface area contributed by atoms with Crippen molar-refractivity contribution in [1.82, 2.24) is 14.3 Å². The standard InChI is InChI=1S/C6H9N5O/c1-12-11-4(7)2-6-9-3-5(8)10(6)11/h2-3H,7-8H2,1H3. The molecule has 6 heteroatoms. The van der Waals surface area contributed by atoms with Gasteiger partial charge < -0.3 is 16.3 Å². The third kappa shape index (κ3) is 0.659. The quantitative estimate of drug-likeness (QED) is 0.591. The lowest BCUT2D eigenvalue weighted by Crippen LogP contribution is -2.15. The van der Waals surface area contributed by atoms with E-state index in [1.54, 1.807) is 16.8 Å². The minimum atomic E-state index is 0.465. The van der Waals surface area contributed by atoms with E-state index in [2.05, 4.69) is 4.98 Å². The average molecular weight is 167 g/mol. The van der Waals surface area contributed by atoms with Crippen LogP contribution in [0.2, 0.25) is 0 Å². The van der Waals surface area contributed by atoms with Gasteiger partial charge in [0, 0.05) is 6.07 Å². The summed E-state index contributed by atoms with van der Waals surface area (Å²) in [4.78, 5) is 10.3. The zero-order chi connectivity index (χ0) is 8.72. The molecule has 0 saturated carbocycles. The van der Waals surface area contributed by atoms with Gasteiger partial charge >= 0.3 is 0 Å². The second-order valence-corrected chi connectivity index (χ2v) is 2.38. The number of nitrogens with two attached hydrogens (primary N) is 2. The topological polar surface area (TPSA) is 83.5 Å². The first-order chi connectivity index (χ1) is 5.74. The summed E-state index contributed by atoms with van der Waals surface area (Å²) < 4.78 is 1.58. The SMILES string of the molecule is COn1c(N)cc2ncc(N)n21. The van der Waals surface area contributed by atoms with Crippen LogP contribution in [-0.4, -0.2) is 21.5 Å². The minimum Gasteiger partial charge on any atom is -0.399 e. The van der Waals surface area contributed by atoms with Gasteiger partial charge in [0.25, 0.3) is 0 Å². The van der Waals surface area contributed by atoms with Crippen molar-refractivity contribution in [1.29, 1.82) is 0 Å². The number of nitrogen functional groups attached to an aromatic ring is 2. The first-order valence-electron chi connectivity index (χ1n) is 3.39. The Kier molecular flexibility index (Phi) is 1.18. The number of hydrogen-bond acceptors (Lipinski definition) is 4. The molecule has 0 aliphatic carbocycles. The van der Waals surface area contributed by atoms with E-state index < -0.39 is 0 Å². The van der Waals surface area contributed by atoms with Crippen LogP contribution in [0.1, 0.15) is 0 Å². The zero-order valence-electron chi connectivity index (χ0n) is 6.56. The van der Waals surface area contributed by atoms with Gasteiger partial charge in [-0.15, -0.1) is 0 Å². The molecule has 6 nitrogen and oxygen atoms in total. The second-order valence-electron chi connectivity index (χ2n) is 2.38. The van der Waals surface area contributed by atoms with E-state index >= 15 is 0 Å². The van der Waals surface area contributed by atoms with Crippen molar-refractivity contribution in [3.63, 3.8) is 0 Å². The highest BCUT2D eigenvalue weighted by atomic mass is 16.7. The molecule has 12 heavy (non-hydrogen) atoms. The van der Waals surface area contributed by atoms with E-state index in [-0.39, 0.29) is 0 Å². The highest BCUT2D eigenvalue weighted by Crippen LogP contribution is 2.13. The first-order valence-corrected chi connectivity index (χ1v) is 3.39. The summed E-state index contributed by atoms with van der Waals surface area (Å²) in [7, 11) is 1.51. The number of hydrogen-bond donors (Lipinski definition) is 2. The molecule has 4 N–H and O–H groups in total. The summed E-state index contributed by atoms with van der Waals surface area (Å²) in [5.41, 5.74) is 11.9. The van der Waals surface area contributed by atoms with Crippen LogP contribution >= 0.6 is 0 Å². The molecular formula is C6H9N5O. The van der Waals surface area contributed by atoms with Crippen LogP contribution in [0.5, 0.6) is 0 Å². The Labute approximate surface area is 68.3 Å². The molecule has 2 aromatic rings. The van der Waals surface area contributed by atoms with Crippen molar-refractivity contribution in [3.05, 3.63) is 12.3 Å². The normalized spacial score (nSPS) is 10.8. The molecular weight excluding hydrogens is 158 g/mol. The fourth-order valence-electron chi connectivity index (χ4n) is 1.16. The molecule has 0 aromatic carbocycles. The number of rotatable bonds is 1. The highest BCUT2D eigenvalue weighted by molar-refractivity contribution is 5.54. The Morgan fingerprint density at radius 2 is 2.17 bits per heavy atom. The van der Waals surface area contributed by atoms with Gasteiger partial charge in [-0.2, -0.15) is 4.52 Å². The minimum absolute atomic E-state index is 0.465. The number of imidazole rings is 1. The smallest absolute Gasteiger partial charge is 0.163 e. The summed E-state index contributed by atoms with van der Waals surface area (Å²) in [6, 6.07) is 1.68. The lowest BCUT2D eigenvalue weighted by atomic mass is 10.6. The first kappa shape index (κ1) is 6.84. The van der Waals surface area contributed by atoms with E-state index in [0.717, 1.165) is 0 Å². The summed E-state index contributed by atoms with van der Waals surface area (Å²) in [5.74, 6) is 0.954. The molecule has 0 spiro atoms. The largest absolute Gasteiger partial charge is 0.399 e. The van der Waals surface area contributed by atoms with Gasteiger partial charge in [-0.3, -0.25) is 0 Å². The fourth-order valence-corrected chi connectivity index (χ4v) is 1.16. The van der Waals surface area contributed by atoms with Gasteiger partial charge in [0.1, 0.15) is 12.9 Å². The highest BCUT2D eigenvalue weighted by Gasteiger charge is 2.08. The molecule has 0 saturated heterocycles. The van der Waals surface area contributed by atoms with Crippen molar-refractivity contribution in [3.8, 4) is 0 Å². The van der Waals surface area contributed by atoms with E-state index in [9.17, 15) is 0 Å². The summed E-state index contributed by atoms with van der Waals surface area (Å²) >= 11 is 0. The lowest BCUT2D eigenvalue weighted by Gasteiger charge is -2.04. The van der Waals surface area contributed by atoms with E-state index in [0.29, 0.717) is 17.3 Å². The third-order valence-corrected chi connectivity index (χ3v) is 1.64. The maximum absolute atomic E-state index is 5.61. The molecule has 64 valence electrons. The van der Waals surface area contributed by atoms with E-state index in [1.165, 1.54) is 12.0 Å². The number of fused-ring (bicyclic) bond motifs is 1. The molecule has 0 aliphatic rings. The predicted octanol–water partition coefficient (Wildman–Crippen LogP) is -0.641. The Morgan fingerprint density at radius 3 is 2.83 bits per heavy atom. The Balaban J connectivity index is 2.84. The number of anilines is 2. The van der Waals surface area contributed by atoms with Crippen LogP contribution < -0.4 is 16.3 Å². The third-order valence-electron chi connectivity index (χ3n) is 1.64. The predicted molar refractivity (Wildman–Crippen MR) is 44.5 cm³/mol. The van der Waals surface area contributed by atoms with Gasteiger partial charge in [-0.25, -0.2) is 4.98 Å². The number of aromatic nitrogens is 3. The molecule has 0 amide bonds. The summed E-state index contributed by atoms with van der Waals surface area (Å²) in [6.45, 7) is 0. The molecule has 0 bridgehead atoms. The molecule has 0 radical (unpaired) electrons. The van der Waals surface area contributed by atoms with Crippen molar-refractivity contribution in [2.75, 3.05) is 18.6 Å². The van der Waals surface area contributed by atoms with Crippen LogP contribution in [0.3, 0.4) is 0 Å². The van der Waals surface area contributed by atoms with Crippen molar-refractivity contribution < 1.29 is 4.84 Å². The summed E-state index contributed by atoms with van der Waals surface area (Å²) in [6.07, 6.45) is 1.55. The molecule has 0 aliphatic heterocycles. The van der Waals surface area contributed by atoms with E-state index in [1.807, 2.05) is 0 Å². The van der Waals surface area contributed by atoms with E-state index in [4.69, 9.17) is 16.3 Å². The van der Waals surface area contributed by atoms with Crippen LogP contribution in [-0.2, 0) is 0 Å². The Bertz CT molecular complexity index is 415. The fraction of sp³-hybridized carbons (Fsp3) is 0.167. The Hall–Kier alpha value is -1.85. The molecule has 0 unspecified atom stereocenters. The molecule has 2 aromatic heterocycles. The molecule has 2 heterocycles. The number of nitrogens with zero attached hydrogens (tertiary/aromatic N) is 3. The maximum atomic E-state index is 5.61. The van der Waals surface area contributed by atoms with Crippen LogP contribution in [0.4, 0.5) is 11.6 Å². The van der Waals surface area contributed by atoms with Gasteiger partial charge in [0.2, 0.25) is 0 Å². The Morgan fingerprint density at radius 1 is 1.42 bits per heavy atom. The van der Waals surface area contributed by atoms with Crippen molar-refractivity contribution in [2.45, 2.75) is 0 Å². The molecule has 0 fully saturated rings. The monoisotopic (exact) mass is 167 g/mol. The van der Waals surface area contributed by atoms with Gasteiger partial charge in [0.05, 0.1) is 6.20 Å². The van der Waals surface area contributed by atoms with Crippen LogP contribution in [0.15, 0.2) is 12.3 Å². The average Bonchev–Trinajstić information content (AvgIpc) is 2.52. The zero-order valence-corrected chi connectivity index (χ0v) is 6.56. The van der Waals surface area contributed by atoms with Crippen molar-refractivity contribution in [2.24, 2.45) is 0 Å². The molecule has 2 rings (SSSR count). The molecule has 0 atom stereocenters. The maximum Gasteiger partial charge on any atom is 0.163 e. The van der Waals surface area contributed by atoms with Crippen LogP contribution in [0, 0.1) is 0 Å². The second kappa shape index (κ2) is 2.07. The van der Waals surface area contributed by atoms with Crippen LogP contribution in [0.25, 0.3) is 5.65 Å². The van der Waals surface area contributed by atoms with Gasteiger partial charge in [0.15, 0.2) is 11.5 Å². The van der Waals surface area contributed by atoms with Gasteiger partial charge in [-0.05, 0) is 0 Å². The summed E-state index contributed by atoms with van der Waals surface area (Å²) in [5, 5.41) is 0. The van der Waals surface area contributed by atoms with Gasteiger partial charge in [-0.1, -0.05) is 4.85 Å². The lowest BCUT2D eigenvalue weighted by molar-refractivity contribution is 0.131. The van der Waals surface area contributed by atoms with Crippen molar-refractivity contribution >= 4 is 17.3 Å².